The molecule has 0 unspecified atom stereocenters. The number of carbonyl (C=O) groups excluding carboxylic acids is 1. The number of morpholine rings is 1. The lowest BCUT2D eigenvalue weighted by Gasteiger charge is -2.28. The number of nitrogens with two attached hydrogens (primary N) is 1. The van der Waals surface area contributed by atoms with Crippen molar-refractivity contribution in [3.05, 3.63) is 106 Å². The highest BCUT2D eigenvalue weighted by Gasteiger charge is 2.22. The molecule has 10 heteroatoms. The standard InChI is InChI=1S/C28H26FN5O4/c29-21-8-6-19(7-9-21)16-23(30)31-27(35)25-26(38-18-20-4-2-1-3-5-20)28(36)34-17-22(10-11-24(34)32-25)33-12-14-37-15-13-33/h1-11,17H,12-16,18H2,(H2,30,31,35). The number of rotatable bonds is 7. The minimum absolute atomic E-state index is 0.000261. The molecule has 1 saturated heterocycles. The van der Waals surface area contributed by atoms with Gasteiger partial charge in [-0.1, -0.05) is 42.5 Å². The second-order valence-electron chi connectivity index (χ2n) is 8.80. The number of nitrogens with zero attached hydrogens (tertiary/aromatic N) is 4. The summed E-state index contributed by atoms with van der Waals surface area (Å²) in [5.74, 6) is -1.39. The van der Waals surface area contributed by atoms with Gasteiger partial charge in [0, 0.05) is 25.7 Å². The molecule has 1 fully saturated rings. The Kier molecular flexibility index (Phi) is 7.41. The highest BCUT2D eigenvalue weighted by atomic mass is 19.1. The Labute approximate surface area is 218 Å². The summed E-state index contributed by atoms with van der Waals surface area (Å²) in [6.45, 7) is 2.65. The number of aliphatic imine (C=N–C) groups is 1. The second-order valence-corrected chi connectivity index (χ2v) is 8.80. The number of aromatic nitrogens is 2. The predicted molar refractivity (Wildman–Crippen MR) is 141 cm³/mol. The Morgan fingerprint density at radius 3 is 2.50 bits per heavy atom. The summed E-state index contributed by atoms with van der Waals surface area (Å²) in [6, 6.07) is 18.5. The number of carbonyl (C=O) groups is 1. The van der Waals surface area contributed by atoms with Crippen molar-refractivity contribution in [3.8, 4) is 5.75 Å². The molecule has 1 aliphatic rings. The maximum Gasteiger partial charge on any atom is 0.301 e. The van der Waals surface area contributed by atoms with E-state index < -0.39 is 11.5 Å². The van der Waals surface area contributed by atoms with Gasteiger partial charge in [-0.3, -0.25) is 14.0 Å². The third-order valence-electron chi connectivity index (χ3n) is 6.11. The molecule has 3 heterocycles. The monoisotopic (exact) mass is 515 g/mol. The van der Waals surface area contributed by atoms with Crippen LogP contribution in [0.3, 0.4) is 0 Å². The highest BCUT2D eigenvalue weighted by molar-refractivity contribution is 6.03. The average molecular weight is 516 g/mol. The van der Waals surface area contributed by atoms with Crippen LogP contribution in [0.5, 0.6) is 5.75 Å². The Morgan fingerprint density at radius 2 is 1.76 bits per heavy atom. The molecule has 9 nitrogen and oxygen atoms in total. The molecule has 194 valence electrons. The number of fused-ring (bicyclic) bond motifs is 1. The van der Waals surface area contributed by atoms with Crippen LogP contribution < -0.4 is 20.9 Å². The molecule has 38 heavy (non-hydrogen) atoms. The van der Waals surface area contributed by atoms with Gasteiger partial charge in [0.25, 0.3) is 0 Å². The number of amidine groups is 1. The van der Waals surface area contributed by atoms with Gasteiger partial charge >= 0.3 is 11.5 Å². The summed E-state index contributed by atoms with van der Waals surface area (Å²) in [6.07, 6.45) is 1.81. The zero-order chi connectivity index (χ0) is 26.5. The van der Waals surface area contributed by atoms with Crippen molar-refractivity contribution >= 4 is 23.1 Å². The van der Waals surface area contributed by atoms with Crippen LogP contribution in [0.15, 0.2) is 82.7 Å². The van der Waals surface area contributed by atoms with Gasteiger partial charge < -0.3 is 20.1 Å². The van der Waals surface area contributed by atoms with Gasteiger partial charge in [0.1, 0.15) is 23.9 Å². The van der Waals surface area contributed by atoms with E-state index in [9.17, 15) is 14.0 Å². The summed E-state index contributed by atoms with van der Waals surface area (Å²) < 4.78 is 25.9. The van der Waals surface area contributed by atoms with E-state index in [4.69, 9.17) is 15.2 Å². The molecule has 2 N–H and O–H groups in total. The summed E-state index contributed by atoms with van der Waals surface area (Å²) >= 11 is 0. The molecule has 0 saturated carbocycles. The molecule has 4 aromatic rings. The van der Waals surface area contributed by atoms with Crippen LogP contribution in [0.25, 0.3) is 5.65 Å². The number of hydrogen-bond donors (Lipinski definition) is 1. The highest BCUT2D eigenvalue weighted by Crippen LogP contribution is 2.20. The predicted octanol–water partition coefficient (Wildman–Crippen LogP) is 2.99. The molecule has 0 spiro atoms. The summed E-state index contributed by atoms with van der Waals surface area (Å²) in [4.78, 5) is 37.3. The fraction of sp³-hybridized carbons (Fsp3) is 0.214. The maximum atomic E-state index is 13.6. The fourth-order valence-corrected chi connectivity index (χ4v) is 4.16. The van der Waals surface area contributed by atoms with E-state index >= 15 is 0 Å². The summed E-state index contributed by atoms with van der Waals surface area (Å²) in [5, 5.41) is 0. The Balaban J connectivity index is 1.51. The number of amides is 1. The molecule has 2 aromatic heterocycles. The lowest BCUT2D eigenvalue weighted by Crippen LogP contribution is -2.36. The lowest BCUT2D eigenvalue weighted by molar-refractivity contribution is 0.0992. The first-order valence-corrected chi connectivity index (χ1v) is 12.2. The molecule has 1 amide bonds. The number of halogens is 1. The van der Waals surface area contributed by atoms with Crippen molar-refractivity contribution in [1.29, 1.82) is 0 Å². The van der Waals surface area contributed by atoms with Gasteiger partial charge in [-0.25, -0.2) is 9.37 Å². The van der Waals surface area contributed by atoms with Crippen LogP contribution in [0.2, 0.25) is 0 Å². The van der Waals surface area contributed by atoms with E-state index in [1.165, 1.54) is 16.5 Å². The largest absolute Gasteiger partial charge is 0.481 e. The third-order valence-corrected chi connectivity index (χ3v) is 6.11. The molecule has 0 radical (unpaired) electrons. The first kappa shape index (κ1) is 25.1. The SMILES string of the molecule is NC(Cc1ccc(F)cc1)=NC(=O)c1nc2ccc(N3CCOCC3)cn2c(=O)c1OCc1ccccc1. The lowest BCUT2D eigenvalue weighted by atomic mass is 10.1. The van der Waals surface area contributed by atoms with E-state index in [1.807, 2.05) is 36.4 Å². The van der Waals surface area contributed by atoms with Crippen molar-refractivity contribution in [1.82, 2.24) is 9.38 Å². The molecule has 2 aromatic carbocycles. The van der Waals surface area contributed by atoms with Gasteiger partial charge in [0.05, 0.1) is 18.9 Å². The minimum atomic E-state index is -0.801. The minimum Gasteiger partial charge on any atom is -0.481 e. The van der Waals surface area contributed by atoms with Crippen molar-refractivity contribution in [3.63, 3.8) is 0 Å². The first-order valence-electron chi connectivity index (χ1n) is 12.2. The molecular formula is C28H26FN5O4. The Bertz CT molecular complexity index is 1530. The molecule has 5 rings (SSSR count). The van der Waals surface area contributed by atoms with E-state index in [0.29, 0.717) is 31.9 Å². The fourth-order valence-electron chi connectivity index (χ4n) is 4.16. The second kappa shape index (κ2) is 11.2. The van der Waals surface area contributed by atoms with Gasteiger partial charge in [0.15, 0.2) is 5.69 Å². The van der Waals surface area contributed by atoms with Crippen LogP contribution in [-0.2, 0) is 17.8 Å². The number of hydrogen-bond acceptors (Lipinski definition) is 6. The van der Waals surface area contributed by atoms with Gasteiger partial charge in [-0.05, 0) is 35.4 Å². The maximum absolute atomic E-state index is 13.6. The van der Waals surface area contributed by atoms with Gasteiger partial charge in [-0.2, -0.15) is 4.99 Å². The quantitative estimate of drug-likeness (QED) is 0.298. The van der Waals surface area contributed by atoms with Gasteiger partial charge in [0.2, 0.25) is 5.75 Å². The summed E-state index contributed by atoms with van der Waals surface area (Å²) in [7, 11) is 0. The van der Waals surface area contributed by atoms with Crippen molar-refractivity contribution < 1.29 is 18.7 Å². The van der Waals surface area contributed by atoms with Crippen LogP contribution in [0, 0.1) is 5.82 Å². The van der Waals surface area contributed by atoms with Crippen LogP contribution >= 0.6 is 0 Å². The van der Waals surface area contributed by atoms with E-state index in [0.717, 1.165) is 11.3 Å². The van der Waals surface area contributed by atoms with Gasteiger partial charge in [-0.15, -0.1) is 0 Å². The molecule has 1 aliphatic heterocycles. The van der Waals surface area contributed by atoms with Crippen LogP contribution in [0.1, 0.15) is 21.6 Å². The first-order chi connectivity index (χ1) is 18.5. The number of ether oxygens (including phenoxy) is 2. The van der Waals surface area contributed by atoms with E-state index in [2.05, 4.69) is 14.9 Å². The third kappa shape index (κ3) is 5.70. The Hall–Kier alpha value is -4.57. The van der Waals surface area contributed by atoms with Crippen molar-refractivity contribution in [2.75, 3.05) is 31.2 Å². The number of anilines is 1. The zero-order valence-electron chi connectivity index (χ0n) is 20.5. The summed E-state index contributed by atoms with van der Waals surface area (Å²) in [5.41, 5.74) is 7.86. The number of benzene rings is 2. The molecule has 0 aliphatic carbocycles. The molecule has 0 bridgehead atoms. The average Bonchev–Trinajstić information content (AvgIpc) is 2.94. The normalized spacial score (nSPS) is 14.0. The van der Waals surface area contributed by atoms with Crippen LogP contribution in [-0.4, -0.2) is 47.4 Å². The van der Waals surface area contributed by atoms with E-state index in [-0.39, 0.29) is 41.8 Å². The number of pyridine rings is 1. The zero-order valence-corrected chi connectivity index (χ0v) is 20.5. The van der Waals surface area contributed by atoms with Crippen LogP contribution in [0.4, 0.5) is 10.1 Å². The smallest absolute Gasteiger partial charge is 0.301 e. The molecular weight excluding hydrogens is 489 g/mol. The van der Waals surface area contributed by atoms with Crippen molar-refractivity contribution in [2.24, 2.45) is 10.7 Å². The van der Waals surface area contributed by atoms with Crippen molar-refractivity contribution in [2.45, 2.75) is 13.0 Å². The Morgan fingerprint density at radius 1 is 1.03 bits per heavy atom. The van der Waals surface area contributed by atoms with E-state index in [1.54, 1.807) is 24.4 Å². The molecule has 0 atom stereocenters. The topological polar surface area (TPSA) is 112 Å².